The summed E-state index contributed by atoms with van der Waals surface area (Å²) in [7, 11) is -3.58. The summed E-state index contributed by atoms with van der Waals surface area (Å²) in [5, 5.41) is 9.26. The van der Waals surface area contributed by atoms with Gasteiger partial charge >= 0.3 is 0 Å². The van der Waals surface area contributed by atoms with Crippen molar-refractivity contribution < 1.29 is 22.8 Å². The Labute approximate surface area is 171 Å². The third-order valence-corrected chi connectivity index (χ3v) is 7.26. The molecule has 2 aliphatic heterocycles. The van der Waals surface area contributed by atoms with Crippen LogP contribution in [0, 0.1) is 11.3 Å². The van der Waals surface area contributed by atoms with Gasteiger partial charge in [0.2, 0.25) is 10.0 Å². The Balaban J connectivity index is 1.44. The molecule has 2 aromatic rings. The number of ether oxygens (including phenoxy) is 2. The van der Waals surface area contributed by atoms with Gasteiger partial charge in [-0.25, -0.2) is 8.42 Å². The van der Waals surface area contributed by atoms with Crippen LogP contribution >= 0.6 is 0 Å². The summed E-state index contributed by atoms with van der Waals surface area (Å²) in [4.78, 5) is 1.51. The lowest BCUT2D eigenvalue weighted by molar-refractivity contribution is -0.917. The number of hydrogen-bond donors (Lipinski definition) is 1. The molecule has 0 atom stereocenters. The summed E-state index contributed by atoms with van der Waals surface area (Å²) < 4.78 is 39.0. The molecule has 0 saturated carbocycles. The standard InChI is InChI=1S/C21H23N3O4S/c22-15-17-4-1-2-5-18(17)16-23-8-10-24(11-9-23)29(25,26)19-6-7-20-21(14-19)28-13-3-12-27-20/h1-2,4-7,14H,3,8-13,16H2/p+1. The Bertz CT molecular complexity index is 1020. The van der Waals surface area contributed by atoms with E-state index < -0.39 is 10.0 Å². The second-order valence-corrected chi connectivity index (χ2v) is 9.20. The normalized spacial score (nSPS) is 18.0. The number of piperazine rings is 1. The number of fused-ring (bicyclic) bond motifs is 1. The molecule has 0 spiro atoms. The third-order valence-electron chi connectivity index (χ3n) is 5.36. The lowest BCUT2D eigenvalue weighted by atomic mass is 10.1. The van der Waals surface area contributed by atoms with E-state index >= 15 is 0 Å². The number of rotatable bonds is 4. The van der Waals surface area contributed by atoms with Crippen molar-refractivity contribution in [2.24, 2.45) is 0 Å². The number of nitrogens with zero attached hydrogens (tertiary/aromatic N) is 2. The van der Waals surface area contributed by atoms with E-state index in [-0.39, 0.29) is 4.90 Å². The fourth-order valence-electron chi connectivity index (χ4n) is 3.73. The molecule has 1 fully saturated rings. The minimum Gasteiger partial charge on any atom is -0.490 e. The molecule has 1 saturated heterocycles. The average Bonchev–Trinajstić information content (AvgIpc) is 2.99. The van der Waals surface area contributed by atoms with Crippen molar-refractivity contribution in [3.8, 4) is 17.6 Å². The smallest absolute Gasteiger partial charge is 0.243 e. The summed E-state index contributed by atoms with van der Waals surface area (Å²) in [6.07, 6.45) is 0.774. The van der Waals surface area contributed by atoms with E-state index in [4.69, 9.17) is 9.47 Å². The van der Waals surface area contributed by atoms with E-state index in [1.165, 1.54) is 9.21 Å². The van der Waals surface area contributed by atoms with Crippen LogP contribution in [-0.2, 0) is 16.6 Å². The first kappa shape index (κ1) is 19.7. The molecule has 2 aromatic carbocycles. The summed E-state index contributed by atoms with van der Waals surface area (Å²) in [5.74, 6) is 1.08. The second kappa shape index (κ2) is 8.41. The first-order valence-corrected chi connectivity index (χ1v) is 11.2. The average molecular weight is 415 g/mol. The zero-order valence-electron chi connectivity index (χ0n) is 16.1. The quantitative estimate of drug-likeness (QED) is 0.801. The molecule has 2 heterocycles. The van der Waals surface area contributed by atoms with Gasteiger partial charge in [0.1, 0.15) is 6.54 Å². The van der Waals surface area contributed by atoms with E-state index in [1.807, 2.05) is 24.3 Å². The Morgan fingerprint density at radius 1 is 1.03 bits per heavy atom. The third kappa shape index (κ3) is 4.22. The minimum absolute atomic E-state index is 0.236. The van der Waals surface area contributed by atoms with Crippen LogP contribution in [0.1, 0.15) is 17.5 Å². The van der Waals surface area contributed by atoms with Gasteiger partial charge in [-0.05, 0) is 18.2 Å². The van der Waals surface area contributed by atoms with Gasteiger partial charge in [0.25, 0.3) is 0 Å². The van der Waals surface area contributed by atoms with Crippen LogP contribution in [0.15, 0.2) is 47.4 Å². The first-order valence-electron chi connectivity index (χ1n) is 9.79. The maximum atomic E-state index is 13.1. The Morgan fingerprint density at radius 3 is 2.52 bits per heavy atom. The molecular formula is C21H24N3O4S+. The molecular weight excluding hydrogens is 390 g/mol. The zero-order valence-corrected chi connectivity index (χ0v) is 17.0. The highest BCUT2D eigenvalue weighted by Crippen LogP contribution is 2.32. The highest BCUT2D eigenvalue weighted by Gasteiger charge is 2.31. The second-order valence-electron chi connectivity index (χ2n) is 7.26. The summed E-state index contributed by atoms with van der Waals surface area (Å²) in [5.41, 5.74) is 1.69. The van der Waals surface area contributed by atoms with Gasteiger partial charge in [-0.1, -0.05) is 18.2 Å². The molecule has 0 unspecified atom stereocenters. The lowest BCUT2D eigenvalue weighted by Gasteiger charge is -2.31. The van der Waals surface area contributed by atoms with Crippen LogP contribution in [-0.4, -0.2) is 52.1 Å². The van der Waals surface area contributed by atoms with Gasteiger partial charge < -0.3 is 14.4 Å². The monoisotopic (exact) mass is 414 g/mol. The fourth-order valence-corrected chi connectivity index (χ4v) is 5.18. The Kier molecular flexibility index (Phi) is 5.72. The highest BCUT2D eigenvalue weighted by molar-refractivity contribution is 7.89. The summed E-state index contributed by atoms with van der Waals surface area (Å²) in [6.45, 7) is 4.10. The van der Waals surface area contributed by atoms with Crippen molar-refractivity contribution >= 4 is 10.0 Å². The van der Waals surface area contributed by atoms with Crippen LogP contribution in [0.5, 0.6) is 11.5 Å². The molecule has 29 heavy (non-hydrogen) atoms. The summed E-state index contributed by atoms with van der Waals surface area (Å²) in [6, 6.07) is 14.6. The van der Waals surface area contributed by atoms with Crippen molar-refractivity contribution in [3.05, 3.63) is 53.6 Å². The largest absolute Gasteiger partial charge is 0.490 e. The van der Waals surface area contributed by atoms with Gasteiger partial charge in [-0.15, -0.1) is 0 Å². The predicted octanol–water partition coefficient (Wildman–Crippen LogP) is 0.809. The molecule has 0 aliphatic carbocycles. The molecule has 4 rings (SSSR count). The van der Waals surface area contributed by atoms with Crippen molar-refractivity contribution in [3.63, 3.8) is 0 Å². The number of sulfonamides is 1. The zero-order chi connectivity index (χ0) is 20.3. The molecule has 0 aromatic heterocycles. The van der Waals surface area contributed by atoms with Crippen LogP contribution < -0.4 is 14.4 Å². The van der Waals surface area contributed by atoms with Crippen LogP contribution in [0.25, 0.3) is 0 Å². The van der Waals surface area contributed by atoms with Gasteiger partial charge in [0.15, 0.2) is 11.5 Å². The van der Waals surface area contributed by atoms with Crippen molar-refractivity contribution in [1.82, 2.24) is 4.31 Å². The minimum atomic E-state index is -3.58. The molecule has 1 N–H and O–H groups in total. The maximum absolute atomic E-state index is 13.1. The van der Waals surface area contributed by atoms with Crippen LogP contribution in [0.2, 0.25) is 0 Å². The van der Waals surface area contributed by atoms with E-state index in [1.54, 1.807) is 18.2 Å². The van der Waals surface area contributed by atoms with Gasteiger partial charge in [-0.3, -0.25) is 0 Å². The SMILES string of the molecule is N#Cc1ccccc1C[NH+]1CCN(S(=O)(=O)c2ccc3c(c2)OCCCO3)CC1. The first-order chi connectivity index (χ1) is 14.1. The van der Waals surface area contributed by atoms with E-state index in [2.05, 4.69) is 6.07 Å². The van der Waals surface area contributed by atoms with Crippen molar-refractivity contribution in [1.29, 1.82) is 5.26 Å². The van der Waals surface area contributed by atoms with Crippen molar-refractivity contribution in [2.75, 3.05) is 39.4 Å². The van der Waals surface area contributed by atoms with E-state index in [0.29, 0.717) is 56.5 Å². The molecule has 7 nitrogen and oxygen atoms in total. The Morgan fingerprint density at radius 2 is 1.76 bits per heavy atom. The molecule has 0 radical (unpaired) electrons. The Hall–Kier alpha value is -2.60. The fraction of sp³-hybridized carbons (Fsp3) is 0.381. The number of nitrogens with one attached hydrogen (secondary N) is 1. The van der Waals surface area contributed by atoms with Crippen LogP contribution in [0.3, 0.4) is 0 Å². The number of hydrogen-bond acceptors (Lipinski definition) is 5. The number of nitriles is 1. The summed E-state index contributed by atoms with van der Waals surface area (Å²) >= 11 is 0. The lowest BCUT2D eigenvalue weighted by Crippen LogP contribution is -3.13. The van der Waals surface area contributed by atoms with E-state index in [0.717, 1.165) is 18.5 Å². The molecule has 2 aliphatic rings. The van der Waals surface area contributed by atoms with Gasteiger partial charge in [-0.2, -0.15) is 9.57 Å². The van der Waals surface area contributed by atoms with Gasteiger partial charge in [0, 0.05) is 18.1 Å². The number of quaternary nitrogens is 1. The molecule has 0 bridgehead atoms. The molecule has 0 amide bonds. The van der Waals surface area contributed by atoms with E-state index in [9.17, 15) is 13.7 Å². The molecule has 8 heteroatoms. The molecule has 152 valence electrons. The van der Waals surface area contributed by atoms with Crippen molar-refractivity contribution in [2.45, 2.75) is 17.9 Å². The number of benzene rings is 2. The predicted molar refractivity (Wildman–Crippen MR) is 106 cm³/mol. The maximum Gasteiger partial charge on any atom is 0.243 e. The van der Waals surface area contributed by atoms with Crippen LogP contribution in [0.4, 0.5) is 0 Å². The topological polar surface area (TPSA) is 84.1 Å². The van der Waals surface area contributed by atoms with Gasteiger partial charge in [0.05, 0.1) is 55.9 Å². The highest BCUT2D eigenvalue weighted by atomic mass is 32.2.